The van der Waals surface area contributed by atoms with Gasteiger partial charge in [-0.05, 0) is 54.4 Å². The molecule has 1 atom stereocenters. The van der Waals surface area contributed by atoms with Gasteiger partial charge in [-0.25, -0.2) is 18.1 Å². The molecule has 2 aromatic rings. The number of hydrogen-bond donors (Lipinski definition) is 1. The third-order valence-electron chi connectivity index (χ3n) is 2.72. The Kier molecular flexibility index (Phi) is 4.63. The van der Waals surface area contributed by atoms with Crippen LogP contribution in [0.1, 0.15) is 28.4 Å². The molecule has 0 spiro atoms. The van der Waals surface area contributed by atoms with Crippen LogP contribution in [0.3, 0.4) is 0 Å². The van der Waals surface area contributed by atoms with Crippen molar-refractivity contribution in [1.82, 2.24) is 9.71 Å². The second-order valence-corrected chi connectivity index (χ2v) is 8.39. The number of sulfonamides is 1. The summed E-state index contributed by atoms with van der Waals surface area (Å²) in [4.78, 5) is 5.51. The van der Waals surface area contributed by atoms with Crippen molar-refractivity contribution in [2.45, 2.75) is 31.7 Å². The molecule has 0 saturated carbocycles. The lowest BCUT2D eigenvalue weighted by Gasteiger charge is -2.13. The van der Waals surface area contributed by atoms with Crippen molar-refractivity contribution < 1.29 is 8.42 Å². The molecular weight excluding hydrogens is 360 g/mol. The summed E-state index contributed by atoms with van der Waals surface area (Å²) in [6.07, 6.45) is 1.74. The summed E-state index contributed by atoms with van der Waals surface area (Å²) in [6.45, 7) is 5.65. The Hall–Kier alpha value is -0.760. The van der Waals surface area contributed by atoms with Crippen LogP contribution in [0.4, 0.5) is 0 Å². The first-order valence-corrected chi connectivity index (χ1v) is 9.09. The number of thiazole rings is 1. The number of nitrogens with one attached hydrogen (secondary N) is 1. The van der Waals surface area contributed by atoms with Crippen molar-refractivity contribution >= 4 is 37.3 Å². The van der Waals surface area contributed by atoms with Crippen molar-refractivity contribution in [2.24, 2.45) is 0 Å². The molecule has 1 N–H and O–H groups in total. The number of nitrogens with zero attached hydrogens (tertiary/aromatic N) is 1. The zero-order valence-corrected chi connectivity index (χ0v) is 14.6. The summed E-state index contributed by atoms with van der Waals surface area (Å²) < 4.78 is 28.0. The predicted molar refractivity (Wildman–Crippen MR) is 84.5 cm³/mol. The molecule has 0 aliphatic rings. The van der Waals surface area contributed by atoms with E-state index in [1.165, 1.54) is 11.3 Å². The van der Waals surface area contributed by atoms with Gasteiger partial charge in [0.05, 0.1) is 10.9 Å². The summed E-state index contributed by atoms with van der Waals surface area (Å²) in [5.74, 6) is 0. The Balaban J connectivity index is 2.27. The molecule has 0 fully saturated rings. The quantitative estimate of drug-likeness (QED) is 0.889. The van der Waals surface area contributed by atoms with E-state index >= 15 is 0 Å². The molecule has 0 aliphatic carbocycles. The maximum absolute atomic E-state index is 12.4. The van der Waals surface area contributed by atoms with Crippen LogP contribution >= 0.6 is 27.3 Å². The molecule has 0 saturated heterocycles. The summed E-state index contributed by atoms with van der Waals surface area (Å²) in [5.41, 5.74) is 0.999. The van der Waals surface area contributed by atoms with E-state index in [0.717, 1.165) is 15.4 Å². The Bertz CT molecular complexity index is 726. The zero-order chi connectivity index (χ0) is 14.9. The van der Waals surface area contributed by atoms with Gasteiger partial charge in [0.25, 0.3) is 0 Å². The van der Waals surface area contributed by atoms with Crippen LogP contribution in [-0.2, 0) is 10.0 Å². The molecule has 2 rings (SSSR count). The minimum atomic E-state index is -3.58. The van der Waals surface area contributed by atoms with Crippen LogP contribution in [0.2, 0.25) is 0 Å². The fourth-order valence-corrected chi connectivity index (χ4v) is 4.99. The first kappa shape index (κ1) is 15.6. The highest BCUT2D eigenvalue weighted by atomic mass is 79.9. The van der Waals surface area contributed by atoms with Gasteiger partial charge in [0.1, 0.15) is 5.01 Å². The van der Waals surface area contributed by atoms with E-state index in [-0.39, 0.29) is 10.9 Å². The van der Waals surface area contributed by atoms with Gasteiger partial charge in [-0.1, -0.05) is 6.07 Å². The van der Waals surface area contributed by atoms with Crippen LogP contribution < -0.4 is 4.72 Å². The first-order chi connectivity index (χ1) is 9.29. The Morgan fingerprint density at radius 2 is 2.05 bits per heavy atom. The van der Waals surface area contributed by atoms with Crippen LogP contribution in [0.25, 0.3) is 0 Å². The normalized spacial score (nSPS) is 13.4. The fourth-order valence-electron chi connectivity index (χ4n) is 1.74. The predicted octanol–water partition coefficient (Wildman–Crippen LogP) is 3.56. The first-order valence-electron chi connectivity index (χ1n) is 6.00. The molecular formula is C13H15BrN2O2S2. The maximum Gasteiger partial charge on any atom is 0.242 e. The lowest BCUT2D eigenvalue weighted by atomic mass is 10.2. The highest BCUT2D eigenvalue weighted by Gasteiger charge is 2.22. The van der Waals surface area contributed by atoms with E-state index in [4.69, 9.17) is 0 Å². The van der Waals surface area contributed by atoms with E-state index in [2.05, 4.69) is 25.6 Å². The van der Waals surface area contributed by atoms with Crippen LogP contribution in [0, 0.1) is 13.8 Å². The van der Waals surface area contributed by atoms with Gasteiger partial charge in [0.2, 0.25) is 10.0 Å². The van der Waals surface area contributed by atoms with Gasteiger partial charge in [0, 0.05) is 15.5 Å². The maximum atomic E-state index is 12.4. The monoisotopic (exact) mass is 374 g/mol. The van der Waals surface area contributed by atoms with Crippen molar-refractivity contribution in [3.63, 3.8) is 0 Å². The van der Waals surface area contributed by atoms with Gasteiger partial charge in [-0.15, -0.1) is 11.3 Å². The summed E-state index contributed by atoms with van der Waals surface area (Å²) in [6, 6.07) is 4.80. The molecule has 0 radical (unpaired) electrons. The molecule has 1 heterocycles. The molecule has 0 aliphatic heterocycles. The Morgan fingerprint density at radius 1 is 1.35 bits per heavy atom. The number of benzene rings is 1. The Morgan fingerprint density at radius 3 is 2.60 bits per heavy atom. The molecule has 0 bridgehead atoms. The number of hydrogen-bond acceptors (Lipinski definition) is 4. The standard InChI is InChI=1S/C13H15BrN2O2S2/c1-8-4-5-12(11(14)6-8)20(17,18)16-10(3)13-15-7-9(2)19-13/h4-7,10,16H,1-3H3. The van der Waals surface area contributed by atoms with E-state index in [1.54, 1.807) is 31.3 Å². The van der Waals surface area contributed by atoms with Crippen molar-refractivity contribution in [1.29, 1.82) is 0 Å². The van der Waals surface area contributed by atoms with Gasteiger partial charge < -0.3 is 0 Å². The summed E-state index contributed by atoms with van der Waals surface area (Å²) in [5, 5.41) is 0.759. The minimum Gasteiger partial charge on any atom is -0.248 e. The molecule has 1 aromatic heterocycles. The molecule has 1 aromatic carbocycles. The molecule has 1 unspecified atom stereocenters. The highest BCUT2D eigenvalue weighted by Crippen LogP contribution is 2.26. The van der Waals surface area contributed by atoms with Crippen molar-refractivity contribution in [3.05, 3.63) is 44.3 Å². The SMILES string of the molecule is Cc1ccc(S(=O)(=O)NC(C)c2ncc(C)s2)c(Br)c1. The zero-order valence-electron chi connectivity index (χ0n) is 11.3. The van der Waals surface area contributed by atoms with Crippen LogP contribution in [0.15, 0.2) is 33.8 Å². The average Bonchev–Trinajstić information content (AvgIpc) is 2.74. The van der Waals surface area contributed by atoms with Crippen molar-refractivity contribution in [2.75, 3.05) is 0 Å². The number of aromatic nitrogens is 1. The smallest absolute Gasteiger partial charge is 0.242 e. The minimum absolute atomic E-state index is 0.239. The average molecular weight is 375 g/mol. The summed E-state index contributed by atoms with van der Waals surface area (Å²) in [7, 11) is -3.58. The topological polar surface area (TPSA) is 59.1 Å². The number of halogens is 1. The highest BCUT2D eigenvalue weighted by molar-refractivity contribution is 9.10. The third kappa shape index (κ3) is 3.46. The van der Waals surface area contributed by atoms with E-state index < -0.39 is 10.0 Å². The van der Waals surface area contributed by atoms with Gasteiger partial charge >= 0.3 is 0 Å². The lowest BCUT2D eigenvalue weighted by Crippen LogP contribution is -2.27. The van der Waals surface area contributed by atoms with Crippen LogP contribution in [0.5, 0.6) is 0 Å². The van der Waals surface area contributed by atoms with Crippen LogP contribution in [-0.4, -0.2) is 13.4 Å². The third-order valence-corrected chi connectivity index (χ3v) is 6.33. The van der Waals surface area contributed by atoms with E-state index in [1.807, 2.05) is 13.8 Å². The fraction of sp³-hybridized carbons (Fsp3) is 0.308. The van der Waals surface area contributed by atoms with E-state index in [0.29, 0.717) is 4.47 Å². The van der Waals surface area contributed by atoms with Gasteiger partial charge in [-0.3, -0.25) is 0 Å². The molecule has 7 heteroatoms. The summed E-state index contributed by atoms with van der Waals surface area (Å²) >= 11 is 4.79. The molecule has 20 heavy (non-hydrogen) atoms. The second kappa shape index (κ2) is 5.93. The van der Waals surface area contributed by atoms with E-state index in [9.17, 15) is 8.42 Å². The second-order valence-electron chi connectivity index (χ2n) is 4.59. The number of rotatable bonds is 4. The molecule has 4 nitrogen and oxygen atoms in total. The van der Waals surface area contributed by atoms with Gasteiger partial charge in [0.15, 0.2) is 0 Å². The van der Waals surface area contributed by atoms with Gasteiger partial charge in [-0.2, -0.15) is 0 Å². The molecule has 0 amide bonds. The lowest BCUT2D eigenvalue weighted by molar-refractivity contribution is 0.566. The largest absolute Gasteiger partial charge is 0.248 e. The Labute approximate surface area is 131 Å². The molecule has 108 valence electrons. The number of aryl methyl sites for hydroxylation is 2. The van der Waals surface area contributed by atoms with Crippen molar-refractivity contribution in [3.8, 4) is 0 Å².